The van der Waals surface area contributed by atoms with Crippen molar-refractivity contribution in [3.63, 3.8) is 0 Å². The zero-order chi connectivity index (χ0) is 16.8. The number of hydrogen-bond acceptors (Lipinski definition) is 7. The number of unbranched alkanes of at least 4 members (excludes halogenated alkanes) is 1. The average molecular weight is 350 g/mol. The highest BCUT2D eigenvalue weighted by Crippen LogP contribution is 2.34. The van der Waals surface area contributed by atoms with E-state index < -0.39 is 16.0 Å². The number of esters is 1. The normalized spacial score (nSPS) is 12.9. The summed E-state index contributed by atoms with van der Waals surface area (Å²) in [6.07, 6.45) is 2.48. The van der Waals surface area contributed by atoms with Gasteiger partial charge in [0, 0.05) is 18.7 Å². The van der Waals surface area contributed by atoms with E-state index in [1.165, 1.54) is 20.3 Å². The largest absolute Gasteiger partial charge is 0.494 e. The zero-order valence-electron chi connectivity index (χ0n) is 12.9. The summed E-state index contributed by atoms with van der Waals surface area (Å²) in [5, 5.41) is 0. The van der Waals surface area contributed by atoms with Crippen molar-refractivity contribution in [1.82, 2.24) is 4.72 Å². The zero-order valence-corrected chi connectivity index (χ0v) is 14.6. The van der Waals surface area contributed by atoms with Crippen molar-refractivity contribution in [2.75, 3.05) is 20.8 Å². The Balaban J connectivity index is 3.05. The van der Waals surface area contributed by atoms with E-state index in [2.05, 4.69) is 9.46 Å². The van der Waals surface area contributed by atoms with E-state index in [1.807, 2.05) is 6.92 Å². The lowest BCUT2D eigenvalue weighted by Gasteiger charge is -2.16. The second kappa shape index (κ2) is 8.47. The molecular formula is C13H22N2O5S2. The molecule has 0 aliphatic heterocycles. The quantitative estimate of drug-likeness (QED) is 0.651. The van der Waals surface area contributed by atoms with E-state index in [-0.39, 0.29) is 27.4 Å². The summed E-state index contributed by atoms with van der Waals surface area (Å²) in [6.45, 7) is 2.23. The number of carbonyl (C=O) groups excluding carboxylic acids is 1. The molecule has 0 aromatic carbocycles. The SMILES string of the molecule is CCCCC(CN)NS(=O)(=O)c1sc(C(=O)OC)cc1OC. The molecule has 0 aliphatic carbocycles. The molecule has 1 heterocycles. The van der Waals surface area contributed by atoms with E-state index >= 15 is 0 Å². The van der Waals surface area contributed by atoms with Crippen molar-refractivity contribution in [3.8, 4) is 5.75 Å². The van der Waals surface area contributed by atoms with Crippen molar-refractivity contribution in [2.45, 2.75) is 36.4 Å². The molecule has 0 saturated heterocycles. The lowest BCUT2D eigenvalue weighted by molar-refractivity contribution is 0.0606. The summed E-state index contributed by atoms with van der Waals surface area (Å²) in [5.41, 5.74) is 5.62. The van der Waals surface area contributed by atoms with Gasteiger partial charge < -0.3 is 15.2 Å². The average Bonchev–Trinajstić information content (AvgIpc) is 2.95. The van der Waals surface area contributed by atoms with Crippen LogP contribution >= 0.6 is 11.3 Å². The monoisotopic (exact) mass is 350 g/mol. The van der Waals surface area contributed by atoms with E-state index in [9.17, 15) is 13.2 Å². The Kier molecular flexibility index (Phi) is 7.27. The summed E-state index contributed by atoms with van der Waals surface area (Å²) < 4.78 is 37.1. The predicted octanol–water partition coefficient (Wildman–Crippen LogP) is 1.34. The lowest BCUT2D eigenvalue weighted by atomic mass is 10.1. The van der Waals surface area contributed by atoms with Gasteiger partial charge in [0.05, 0.1) is 14.2 Å². The van der Waals surface area contributed by atoms with Crippen LogP contribution in [0.4, 0.5) is 0 Å². The van der Waals surface area contributed by atoms with Crippen molar-refractivity contribution < 1.29 is 22.7 Å². The Morgan fingerprint density at radius 3 is 2.64 bits per heavy atom. The molecule has 0 aliphatic rings. The number of ether oxygens (including phenoxy) is 2. The van der Waals surface area contributed by atoms with Gasteiger partial charge >= 0.3 is 5.97 Å². The van der Waals surface area contributed by atoms with Crippen LogP contribution in [0.5, 0.6) is 5.75 Å². The highest BCUT2D eigenvalue weighted by molar-refractivity contribution is 7.91. The number of carbonyl (C=O) groups is 1. The van der Waals surface area contributed by atoms with Gasteiger partial charge in [-0.3, -0.25) is 0 Å². The van der Waals surface area contributed by atoms with Crippen molar-refractivity contribution in [1.29, 1.82) is 0 Å². The van der Waals surface area contributed by atoms with Crippen molar-refractivity contribution in [3.05, 3.63) is 10.9 Å². The number of nitrogens with two attached hydrogens (primary N) is 1. The molecule has 0 saturated carbocycles. The number of hydrogen-bond donors (Lipinski definition) is 2. The fraction of sp³-hybridized carbons (Fsp3) is 0.615. The van der Waals surface area contributed by atoms with Crippen LogP contribution in [0.2, 0.25) is 0 Å². The van der Waals surface area contributed by atoms with E-state index in [4.69, 9.17) is 10.5 Å². The number of nitrogens with one attached hydrogen (secondary N) is 1. The maximum Gasteiger partial charge on any atom is 0.348 e. The third-order valence-electron chi connectivity index (χ3n) is 3.03. The van der Waals surface area contributed by atoms with Gasteiger partial charge in [0.25, 0.3) is 10.0 Å². The molecule has 0 spiro atoms. The first kappa shape index (κ1) is 18.9. The van der Waals surface area contributed by atoms with E-state index in [1.54, 1.807) is 0 Å². The fourth-order valence-corrected chi connectivity index (χ4v) is 4.63. The number of rotatable bonds is 9. The molecule has 22 heavy (non-hydrogen) atoms. The first-order valence-corrected chi connectivity index (χ1v) is 9.18. The highest BCUT2D eigenvalue weighted by atomic mass is 32.2. The van der Waals surface area contributed by atoms with Gasteiger partial charge in [-0.25, -0.2) is 17.9 Å². The van der Waals surface area contributed by atoms with Crippen LogP contribution in [-0.2, 0) is 14.8 Å². The number of thiophene rings is 1. The molecule has 1 aromatic rings. The molecule has 1 unspecified atom stereocenters. The molecule has 3 N–H and O–H groups in total. The Morgan fingerprint density at radius 1 is 1.45 bits per heavy atom. The summed E-state index contributed by atoms with van der Waals surface area (Å²) in [4.78, 5) is 11.7. The second-order valence-corrected chi connectivity index (χ2v) is 7.62. The Morgan fingerprint density at radius 2 is 2.14 bits per heavy atom. The van der Waals surface area contributed by atoms with Crippen LogP contribution in [0.3, 0.4) is 0 Å². The van der Waals surface area contributed by atoms with Crippen LogP contribution in [0, 0.1) is 0 Å². The molecule has 0 fully saturated rings. The van der Waals surface area contributed by atoms with Crippen LogP contribution < -0.4 is 15.2 Å². The van der Waals surface area contributed by atoms with Gasteiger partial charge in [-0.05, 0) is 6.42 Å². The molecule has 7 nitrogen and oxygen atoms in total. The summed E-state index contributed by atoms with van der Waals surface area (Å²) >= 11 is 0.809. The molecule has 0 bridgehead atoms. The van der Waals surface area contributed by atoms with E-state index in [0.717, 1.165) is 24.2 Å². The third kappa shape index (κ3) is 4.67. The van der Waals surface area contributed by atoms with Gasteiger partial charge in [0.1, 0.15) is 4.88 Å². The van der Waals surface area contributed by atoms with Crippen LogP contribution in [0.1, 0.15) is 35.9 Å². The molecule has 1 aromatic heterocycles. The first-order valence-electron chi connectivity index (χ1n) is 6.88. The van der Waals surface area contributed by atoms with Gasteiger partial charge in [0.15, 0.2) is 9.96 Å². The van der Waals surface area contributed by atoms with Crippen molar-refractivity contribution >= 4 is 27.3 Å². The van der Waals surface area contributed by atoms with Gasteiger partial charge in [-0.15, -0.1) is 11.3 Å². The molecular weight excluding hydrogens is 328 g/mol. The molecule has 126 valence electrons. The maximum atomic E-state index is 12.5. The van der Waals surface area contributed by atoms with Gasteiger partial charge in [0.2, 0.25) is 0 Å². The highest BCUT2D eigenvalue weighted by Gasteiger charge is 2.27. The molecule has 9 heteroatoms. The topological polar surface area (TPSA) is 108 Å². The minimum Gasteiger partial charge on any atom is -0.494 e. The number of sulfonamides is 1. The Labute approximate surface area is 134 Å². The van der Waals surface area contributed by atoms with Gasteiger partial charge in [-0.1, -0.05) is 19.8 Å². The summed E-state index contributed by atoms with van der Waals surface area (Å²) in [7, 11) is -1.23. The fourth-order valence-electron chi connectivity index (χ4n) is 1.84. The first-order chi connectivity index (χ1) is 10.4. The van der Waals surface area contributed by atoms with Crippen LogP contribution in [-0.4, -0.2) is 41.2 Å². The lowest BCUT2D eigenvalue weighted by Crippen LogP contribution is -2.39. The smallest absolute Gasteiger partial charge is 0.348 e. The Bertz CT molecular complexity index is 598. The standard InChI is InChI=1S/C13H22N2O5S2/c1-4-5-6-9(8-14)15-22(17,18)13-10(19-2)7-11(21-13)12(16)20-3/h7,9,15H,4-6,8,14H2,1-3H3. The van der Waals surface area contributed by atoms with E-state index in [0.29, 0.717) is 6.42 Å². The second-order valence-electron chi connectivity index (χ2n) is 4.65. The third-order valence-corrected chi connectivity index (χ3v) is 6.16. The minimum atomic E-state index is -3.81. The minimum absolute atomic E-state index is 0.0506. The number of methoxy groups -OCH3 is 2. The molecule has 1 atom stereocenters. The van der Waals surface area contributed by atoms with Crippen LogP contribution in [0.25, 0.3) is 0 Å². The maximum absolute atomic E-state index is 12.5. The van der Waals surface area contributed by atoms with Gasteiger partial charge in [-0.2, -0.15) is 0 Å². The van der Waals surface area contributed by atoms with Crippen LogP contribution in [0.15, 0.2) is 10.3 Å². The summed E-state index contributed by atoms with van der Waals surface area (Å²) in [5.74, 6) is -0.490. The molecule has 1 rings (SSSR count). The summed E-state index contributed by atoms with van der Waals surface area (Å²) in [6, 6.07) is 1.01. The predicted molar refractivity (Wildman–Crippen MR) is 84.9 cm³/mol. The molecule has 0 radical (unpaired) electrons. The van der Waals surface area contributed by atoms with Crippen molar-refractivity contribution in [2.24, 2.45) is 5.73 Å². The Hall–Kier alpha value is -1.16. The molecule has 0 amide bonds.